The number of carboxylic acids is 1. The number of nitrogens with zero attached hydrogens (tertiary/aromatic N) is 5. The summed E-state index contributed by atoms with van der Waals surface area (Å²) in [4.78, 5) is 45.3. The summed E-state index contributed by atoms with van der Waals surface area (Å²) < 4.78 is 1.36. The summed E-state index contributed by atoms with van der Waals surface area (Å²) in [7, 11) is 0. The second-order valence-corrected chi connectivity index (χ2v) is 11.3. The van der Waals surface area contributed by atoms with Crippen LogP contribution < -0.4 is 10.9 Å². The van der Waals surface area contributed by atoms with Gasteiger partial charge in [0.15, 0.2) is 5.69 Å². The Morgan fingerprint density at radius 1 is 0.930 bits per heavy atom. The monoisotopic (exact) mass is 615 g/mol. The van der Waals surface area contributed by atoms with Crippen molar-refractivity contribution in [3.05, 3.63) is 87.5 Å². The molecule has 0 aliphatic carbocycles. The Morgan fingerprint density at radius 2 is 1.70 bits per heavy atom. The number of carboxylic acid groups (broad SMARTS) is 1. The Labute approximate surface area is 255 Å². The highest BCUT2D eigenvalue weighted by Gasteiger charge is 2.19. The molecule has 220 valence electrons. The molecule has 5 aromatic rings. The fraction of sp³-hybridized carbons (Fsp3) is 0.233. The molecule has 0 unspecified atom stereocenters. The van der Waals surface area contributed by atoms with Gasteiger partial charge < -0.3 is 10.4 Å². The van der Waals surface area contributed by atoms with Crippen molar-refractivity contribution in [2.45, 2.75) is 38.5 Å². The third-order valence-electron chi connectivity index (χ3n) is 6.56. The average Bonchev–Trinajstić information content (AvgIpc) is 3.79. The Kier molecular flexibility index (Phi) is 9.97. The van der Waals surface area contributed by atoms with Crippen molar-refractivity contribution < 1.29 is 14.7 Å². The van der Waals surface area contributed by atoms with E-state index < -0.39 is 5.97 Å². The summed E-state index contributed by atoms with van der Waals surface area (Å²) >= 11 is 2.63. The van der Waals surface area contributed by atoms with Crippen LogP contribution in [0, 0.1) is 0 Å². The van der Waals surface area contributed by atoms with Crippen molar-refractivity contribution in [2.75, 3.05) is 6.54 Å². The van der Waals surface area contributed by atoms with E-state index in [0.29, 0.717) is 40.2 Å². The highest BCUT2D eigenvalue weighted by Crippen LogP contribution is 2.30. The van der Waals surface area contributed by atoms with Crippen molar-refractivity contribution in [2.24, 2.45) is 10.2 Å². The number of hydrogen-bond acceptors (Lipinski definition) is 9. The lowest BCUT2D eigenvalue weighted by Gasteiger charge is -2.06. The molecule has 11 nitrogen and oxygen atoms in total. The molecule has 0 aliphatic rings. The van der Waals surface area contributed by atoms with Gasteiger partial charge in [0, 0.05) is 46.6 Å². The molecule has 0 spiro atoms. The number of hydrogen-bond donors (Lipinski definition) is 3. The van der Waals surface area contributed by atoms with E-state index in [9.17, 15) is 14.4 Å². The molecule has 3 N–H and O–H groups in total. The summed E-state index contributed by atoms with van der Waals surface area (Å²) in [5.74, 6) is -0.912. The highest BCUT2D eigenvalue weighted by atomic mass is 32.1. The van der Waals surface area contributed by atoms with Crippen LogP contribution in [0.4, 0.5) is 10.8 Å². The summed E-state index contributed by atoms with van der Waals surface area (Å²) in [5.41, 5.74) is 3.11. The molecule has 0 atom stereocenters. The third-order valence-corrected chi connectivity index (χ3v) is 8.04. The van der Waals surface area contributed by atoms with E-state index in [2.05, 4.69) is 30.6 Å². The van der Waals surface area contributed by atoms with Gasteiger partial charge in [-0.1, -0.05) is 61.7 Å². The Bertz CT molecular complexity index is 1740. The molecule has 1 amide bonds. The maximum Gasteiger partial charge on any atom is 0.303 e. The first-order valence-corrected chi connectivity index (χ1v) is 15.5. The molecule has 3 aromatic heterocycles. The number of rotatable bonds is 14. The van der Waals surface area contributed by atoms with Gasteiger partial charge in [0.2, 0.25) is 10.3 Å². The quantitative estimate of drug-likeness (QED) is 0.0904. The number of carbonyl (C=O) groups excluding carboxylic acids is 1. The van der Waals surface area contributed by atoms with Gasteiger partial charge in [0.25, 0.3) is 5.91 Å². The number of aromatic nitrogens is 4. The number of benzene rings is 2. The molecule has 0 bridgehead atoms. The minimum Gasteiger partial charge on any atom is -0.481 e. The topological polar surface area (TPSA) is 155 Å². The largest absolute Gasteiger partial charge is 0.481 e. The number of nitrogens with one attached hydrogen (secondary N) is 2. The predicted octanol–water partition coefficient (Wildman–Crippen LogP) is 6.98. The van der Waals surface area contributed by atoms with Crippen LogP contribution in [0.5, 0.6) is 0 Å². The number of thiazole rings is 2. The van der Waals surface area contributed by atoms with E-state index in [1.165, 1.54) is 27.4 Å². The number of unbranched alkanes of at least 4 members (excludes halogenated alkanes) is 4. The molecule has 2 aromatic carbocycles. The second kappa shape index (κ2) is 14.4. The van der Waals surface area contributed by atoms with E-state index in [-0.39, 0.29) is 23.6 Å². The molecule has 0 aliphatic heterocycles. The fourth-order valence-corrected chi connectivity index (χ4v) is 5.59. The number of H-pyrrole nitrogens is 1. The lowest BCUT2D eigenvalue weighted by Crippen LogP contribution is -2.24. The minimum absolute atomic E-state index is 0.151. The van der Waals surface area contributed by atoms with Crippen molar-refractivity contribution in [1.82, 2.24) is 25.1 Å². The molecular weight excluding hydrogens is 587 g/mol. The SMILES string of the molecule is O=C(O)CCCCCCCNC(=O)c1ccc(-c2csc(-n3[nH]c(-c4ccccc4)c(N=Nc4nccs4)c3=O)n2)cc1. The van der Waals surface area contributed by atoms with Crippen LogP contribution in [0.25, 0.3) is 27.6 Å². The predicted molar refractivity (Wildman–Crippen MR) is 167 cm³/mol. The molecule has 5 rings (SSSR count). The van der Waals surface area contributed by atoms with Gasteiger partial charge in [-0.3, -0.25) is 19.5 Å². The van der Waals surface area contributed by atoms with Crippen LogP contribution in [0.15, 0.2) is 86.6 Å². The molecule has 0 saturated carbocycles. The second-order valence-electron chi connectivity index (χ2n) is 9.62. The number of aromatic amines is 1. The minimum atomic E-state index is -0.761. The number of azo groups is 1. The van der Waals surface area contributed by atoms with E-state index in [1.807, 2.05) is 47.8 Å². The van der Waals surface area contributed by atoms with Crippen LogP contribution in [-0.2, 0) is 4.79 Å². The number of carbonyl (C=O) groups is 2. The van der Waals surface area contributed by atoms with Crippen molar-refractivity contribution in [3.63, 3.8) is 0 Å². The number of amides is 1. The lowest BCUT2D eigenvalue weighted by molar-refractivity contribution is -0.137. The Balaban J connectivity index is 1.25. The number of aliphatic carboxylic acids is 1. The Morgan fingerprint density at radius 3 is 2.44 bits per heavy atom. The summed E-state index contributed by atoms with van der Waals surface area (Å²) in [6, 6.07) is 16.6. The van der Waals surface area contributed by atoms with Crippen LogP contribution in [0.2, 0.25) is 0 Å². The van der Waals surface area contributed by atoms with E-state index in [1.54, 1.807) is 23.7 Å². The van der Waals surface area contributed by atoms with Gasteiger partial charge in [-0.15, -0.1) is 32.9 Å². The maximum absolute atomic E-state index is 13.4. The Hall–Kier alpha value is -4.75. The molecule has 3 heterocycles. The van der Waals surface area contributed by atoms with Crippen molar-refractivity contribution >= 4 is 45.4 Å². The molecular formula is C30H29N7O4S2. The standard InChI is InChI=1S/C30H29N7O4S2/c38-24(39)11-7-2-1-3-8-16-31-27(40)22-14-12-20(13-15-22)23-19-43-30(33-23)37-28(41)26(34-35-29-32-17-18-42-29)25(36-37)21-9-5-4-6-10-21/h4-6,9-10,12-15,17-19,36H,1-3,7-8,11,16H2,(H,31,40)(H,38,39). The molecule has 43 heavy (non-hydrogen) atoms. The van der Waals surface area contributed by atoms with Crippen LogP contribution in [0.1, 0.15) is 48.9 Å². The van der Waals surface area contributed by atoms with Crippen LogP contribution in [0.3, 0.4) is 0 Å². The first kappa shape index (κ1) is 29.7. The van der Waals surface area contributed by atoms with Gasteiger partial charge in [-0.25, -0.2) is 9.97 Å². The maximum atomic E-state index is 13.4. The van der Waals surface area contributed by atoms with Crippen LogP contribution >= 0.6 is 22.7 Å². The van der Waals surface area contributed by atoms with E-state index in [4.69, 9.17) is 5.11 Å². The zero-order valence-corrected chi connectivity index (χ0v) is 24.7. The molecule has 0 saturated heterocycles. The van der Waals surface area contributed by atoms with Gasteiger partial charge in [-0.2, -0.15) is 4.68 Å². The van der Waals surface area contributed by atoms with Gasteiger partial charge in [0.1, 0.15) is 0 Å². The molecule has 0 radical (unpaired) electrons. The molecule has 13 heteroatoms. The summed E-state index contributed by atoms with van der Waals surface area (Å²) in [6.45, 7) is 0.566. The smallest absolute Gasteiger partial charge is 0.303 e. The normalized spacial score (nSPS) is 11.3. The third kappa shape index (κ3) is 7.76. The zero-order valence-electron chi connectivity index (χ0n) is 23.1. The highest BCUT2D eigenvalue weighted by molar-refractivity contribution is 7.13. The van der Waals surface area contributed by atoms with Crippen molar-refractivity contribution in [3.8, 4) is 27.6 Å². The van der Waals surface area contributed by atoms with E-state index in [0.717, 1.165) is 36.8 Å². The summed E-state index contributed by atoms with van der Waals surface area (Å²) in [5, 5.41) is 27.7. The average molecular weight is 616 g/mol. The lowest BCUT2D eigenvalue weighted by atomic mass is 10.1. The van der Waals surface area contributed by atoms with Gasteiger partial charge in [-0.05, 0) is 25.0 Å². The van der Waals surface area contributed by atoms with E-state index >= 15 is 0 Å². The fourth-order valence-electron chi connectivity index (χ4n) is 4.35. The van der Waals surface area contributed by atoms with Crippen LogP contribution in [-0.4, -0.2) is 43.3 Å². The summed E-state index contributed by atoms with van der Waals surface area (Å²) in [6.07, 6.45) is 6.14. The first-order chi connectivity index (χ1) is 21.0. The molecule has 0 fully saturated rings. The zero-order chi connectivity index (χ0) is 30.0. The van der Waals surface area contributed by atoms with Crippen molar-refractivity contribution in [1.29, 1.82) is 0 Å². The van der Waals surface area contributed by atoms with Gasteiger partial charge in [0.05, 0.1) is 11.4 Å². The van der Waals surface area contributed by atoms with Gasteiger partial charge >= 0.3 is 11.5 Å². The first-order valence-electron chi connectivity index (χ1n) is 13.8.